The molecule has 0 radical (unpaired) electrons. The topological polar surface area (TPSA) is 46.6 Å². The molecule has 0 N–H and O–H groups in total. The molecule has 1 aliphatic heterocycles. The van der Waals surface area contributed by atoms with Gasteiger partial charge in [-0.05, 0) is 38.5 Å². The number of nitrogens with zero attached hydrogens (tertiary/aromatic N) is 1. The van der Waals surface area contributed by atoms with E-state index in [1.807, 2.05) is 13.8 Å². The lowest BCUT2D eigenvalue weighted by atomic mass is 10.0. The van der Waals surface area contributed by atoms with Crippen molar-refractivity contribution in [1.82, 2.24) is 4.31 Å². The van der Waals surface area contributed by atoms with Crippen LogP contribution in [0.15, 0.2) is 0 Å². The van der Waals surface area contributed by atoms with Crippen LogP contribution in [-0.2, 0) is 14.8 Å². The smallest absolute Gasteiger partial charge is 0.216 e. The summed E-state index contributed by atoms with van der Waals surface area (Å²) < 4.78 is 31.2. The molecule has 1 saturated carbocycles. The van der Waals surface area contributed by atoms with Crippen molar-refractivity contribution in [2.75, 3.05) is 25.4 Å². The van der Waals surface area contributed by atoms with E-state index >= 15 is 0 Å². The van der Waals surface area contributed by atoms with Gasteiger partial charge in [-0.3, -0.25) is 0 Å². The van der Waals surface area contributed by atoms with Crippen molar-refractivity contribution < 1.29 is 13.2 Å². The molecular formula is C12H23NO3S. The van der Waals surface area contributed by atoms with Gasteiger partial charge < -0.3 is 4.74 Å². The summed E-state index contributed by atoms with van der Waals surface area (Å²) in [5.41, 5.74) is 0. The van der Waals surface area contributed by atoms with Gasteiger partial charge >= 0.3 is 0 Å². The Morgan fingerprint density at radius 3 is 2.35 bits per heavy atom. The molecule has 0 bridgehead atoms. The predicted molar refractivity (Wildman–Crippen MR) is 67.3 cm³/mol. The zero-order chi connectivity index (χ0) is 12.5. The van der Waals surface area contributed by atoms with E-state index in [4.69, 9.17) is 4.74 Å². The number of rotatable bonds is 5. The first-order valence-electron chi connectivity index (χ1n) is 6.58. The van der Waals surface area contributed by atoms with Crippen LogP contribution in [0.1, 0.15) is 33.1 Å². The van der Waals surface area contributed by atoms with Crippen LogP contribution in [0, 0.1) is 11.8 Å². The summed E-state index contributed by atoms with van der Waals surface area (Å²) in [7, 11) is -3.09. The van der Waals surface area contributed by atoms with Gasteiger partial charge in [-0.15, -0.1) is 0 Å². The van der Waals surface area contributed by atoms with Gasteiger partial charge in [-0.1, -0.05) is 6.42 Å². The minimum atomic E-state index is -3.09. The summed E-state index contributed by atoms with van der Waals surface area (Å²) in [5, 5.41) is 0. The fourth-order valence-corrected chi connectivity index (χ4v) is 4.34. The van der Waals surface area contributed by atoms with E-state index in [9.17, 15) is 8.42 Å². The third-order valence-electron chi connectivity index (χ3n) is 3.88. The highest BCUT2D eigenvalue weighted by Gasteiger charge is 2.40. The van der Waals surface area contributed by atoms with Gasteiger partial charge in [-0.25, -0.2) is 12.7 Å². The first kappa shape index (κ1) is 13.3. The molecular weight excluding hydrogens is 238 g/mol. The van der Waals surface area contributed by atoms with E-state index in [0.717, 1.165) is 13.1 Å². The van der Waals surface area contributed by atoms with Gasteiger partial charge in [0.05, 0.1) is 18.5 Å². The normalized spacial score (nSPS) is 30.1. The Bertz CT molecular complexity index is 341. The highest BCUT2D eigenvalue weighted by molar-refractivity contribution is 7.89. The molecule has 4 nitrogen and oxygen atoms in total. The van der Waals surface area contributed by atoms with Crippen LogP contribution in [0.25, 0.3) is 0 Å². The Kier molecular flexibility index (Phi) is 4.10. The molecule has 2 rings (SSSR count). The molecule has 0 aromatic rings. The monoisotopic (exact) mass is 261 g/mol. The summed E-state index contributed by atoms with van der Waals surface area (Å²) in [4.78, 5) is 0. The van der Waals surface area contributed by atoms with Crippen molar-refractivity contribution in [1.29, 1.82) is 0 Å². The van der Waals surface area contributed by atoms with Crippen LogP contribution < -0.4 is 0 Å². The highest BCUT2D eigenvalue weighted by Crippen LogP contribution is 2.38. The van der Waals surface area contributed by atoms with Crippen molar-refractivity contribution in [3.05, 3.63) is 0 Å². The molecule has 1 heterocycles. The third kappa shape index (κ3) is 3.20. The molecule has 0 aromatic carbocycles. The maximum atomic E-state index is 12.1. The Hall–Kier alpha value is -0.130. The molecule has 0 spiro atoms. The van der Waals surface area contributed by atoms with Crippen LogP contribution in [0.2, 0.25) is 0 Å². The number of sulfonamides is 1. The summed E-state index contributed by atoms with van der Waals surface area (Å²) >= 11 is 0. The van der Waals surface area contributed by atoms with E-state index in [1.54, 1.807) is 4.31 Å². The minimum Gasteiger partial charge on any atom is -0.378 e. The largest absolute Gasteiger partial charge is 0.378 e. The number of hydrogen-bond donors (Lipinski definition) is 0. The average Bonchev–Trinajstić information content (AvgIpc) is 2.74. The lowest BCUT2D eigenvalue weighted by Gasteiger charge is -2.17. The first-order chi connectivity index (χ1) is 7.99. The summed E-state index contributed by atoms with van der Waals surface area (Å²) in [5.74, 6) is 1.37. The molecule has 5 heteroatoms. The lowest BCUT2D eigenvalue weighted by Crippen LogP contribution is -2.33. The van der Waals surface area contributed by atoms with E-state index < -0.39 is 10.0 Å². The van der Waals surface area contributed by atoms with E-state index in [2.05, 4.69) is 0 Å². The van der Waals surface area contributed by atoms with Crippen molar-refractivity contribution >= 4 is 10.0 Å². The molecule has 0 aromatic heterocycles. The Labute approximate surface area is 104 Å². The number of fused-ring (bicyclic) bond motifs is 1. The Morgan fingerprint density at radius 2 is 1.82 bits per heavy atom. The van der Waals surface area contributed by atoms with Gasteiger partial charge in [0.1, 0.15) is 0 Å². The Morgan fingerprint density at radius 1 is 1.24 bits per heavy atom. The van der Waals surface area contributed by atoms with Crippen molar-refractivity contribution in [2.45, 2.75) is 39.2 Å². The zero-order valence-electron chi connectivity index (χ0n) is 10.8. The fraction of sp³-hybridized carbons (Fsp3) is 1.00. The molecule has 1 aliphatic carbocycles. The van der Waals surface area contributed by atoms with Gasteiger partial charge in [-0.2, -0.15) is 0 Å². The quantitative estimate of drug-likeness (QED) is 0.753. The second-order valence-electron chi connectivity index (χ2n) is 5.50. The van der Waals surface area contributed by atoms with E-state index in [-0.39, 0.29) is 11.9 Å². The maximum absolute atomic E-state index is 12.1. The maximum Gasteiger partial charge on any atom is 0.216 e. The molecule has 17 heavy (non-hydrogen) atoms. The SMILES string of the molecule is CC(C)OCCS(=O)(=O)N1C[C@@H]2CCC[C@H]2C1. The molecule has 1 saturated heterocycles. The lowest BCUT2D eigenvalue weighted by molar-refractivity contribution is 0.0907. The third-order valence-corrected chi connectivity index (χ3v) is 5.65. The fourth-order valence-electron chi connectivity index (χ4n) is 2.94. The van der Waals surface area contributed by atoms with Gasteiger partial charge in [0.2, 0.25) is 10.0 Å². The van der Waals surface area contributed by atoms with Crippen LogP contribution in [0.4, 0.5) is 0 Å². The van der Waals surface area contributed by atoms with Crippen LogP contribution in [0.5, 0.6) is 0 Å². The first-order valence-corrected chi connectivity index (χ1v) is 8.19. The number of ether oxygens (including phenoxy) is 1. The van der Waals surface area contributed by atoms with Crippen molar-refractivity contribution in [3.63, 3.8) is 0 Å². The zero-order valence-corrected chi connectivity index (χ0v) is 11.6. The van der Waals surface area contributed by atoms with E-state index in [1.165, 1.54) is 19.3 Å². The predicted octanol–water partition coefficient (Wildman–Crippen LogP) is 1.47. The average molecular weight is 261 g/mol. The van der Waals surface area contributed by atoms with Gasteiger partial charge in [0.15, 0.2) is 0 Å². The summed E-state index contributed by atoms with van der Waals surface area (Å²) in [6.07, 6.45) is 3.79. The van der Waals surface area contributed by atoms with Crippen LogP contribution >= 0.6 is 0 Å². The summed E-state index contributed by atoms with van der Waals surface area (Å²) in [6.45, 7) is 5.65. The minimum absolute atomic E-state index is 0.100. The van der Waals surface area contributed by atoms with Crippen LogP contribution in [0.3, 0.4) is 0 Å². The summed E-state index contributed by atoms with van der Waals surface area (Å²) in [6, 6.07) is 0. The molecule has 2 aliphatic rings. The molecule has 2 atom stereocenters. The highest BCUT2D eigenvalue weighted by atomic mass is 32.2. The molecule has 100 valence electrons. The van der Waals surface area contributed by atoms with E-state index in [0.29, 0.717) is 18.4 Å². The van der Waals surface area contributed by atoms with Crippen molar-refractivity contribution in [2.24, 2.45) is 11.8 Å². The van der Waals surface area contributed by atoms with Crippen molar-refractivity contribution in [3.8, 4) is 0 Å². The van der Waals surface area contributed by atoms with Gasteiger partial charge in [0, 0.05) is 13.1 Å². The Balaban J connectivity index is 1.84. The molecule has 2 fully saturated rings. The second-order valence-corrected chi connectivity index (χ2v) is 7.59. The second kappa shape index (κ2) is 5.24. The van der Waals surface area contributed by atoms with Gasteiger partial charge in [0.25, 0.3) is 0 Å². The van der Waals surface area contributed by atoms with Crippen LogP contribution in [-0.4, -0.2) is 44.3 Å². The molecule has 0 amide bonds. The molecule has 0 unspecified atom stereocenters. The number of hydrogen-bond acceptors (Lipinski definition) is 3. The standard InChI is InChI=1S/C12H23NO3S/c1-10(2)16-6-7-17(14,15)13-8-11-4-3-5-12(11)9-13/h10-12H,3-9H2,1-2H3/t11-,12-/m0/s1.